The van der Waals surface area contributed by atoms with Gasteiger partial charge in [0, 0.05) is 35.2 Å². The van der Waals surface area contributed by atoms with Crippen molar-refractivity contribution in [1.82, 2.24) is 4.90 Å². The Balaban J connectivity index is 1.38. The van der Waals surface area contributed by atoms with Crippen molar-refractivity contribution in [3.05, 3.63) is 96.1 Å². The maximum Gasteiger partial charge on any atom is 0.222 e. The summed E-state index contributed by atoms with van der Waals surface area (Å²) in [5.41, 5.74) is 2.58. The molecule has 3 aromatic carbocycles. The largest absolute Gasteiger partial charge is 0.338 e. The van der Waals surface area contributed by atoms with Crippen molar-refractivity contribution in [1.29, 1.82) is 0 Å². The summed E-state index contributed by atoms with van der Waals surface area (Å²) in [5, 5.41) is 0. The lowest BCUT2D eigenvalue weighted by Crippen LogP contribution is -2.43. The standard InChI is InChI=1S/C28H31NO2S/c1-28(2)25-15-9-10-16-26(25)32(28,24-13-7-4-8-14-24)31-21-23-17-18-27(30)29(20-23)19-22-11-5-3-6-12-22/h3-16,23H,17-21H2,1-2H3. The minimum atomic E-state index is -1.61. The smallest absolute Gasteiger partial charge is 0.222 e. The third-order valence-electron chi connectivity index (χ3n) is 6.93. The lowest BCUT2D eigenvalue weighted by Gasteiger charge is -2.61. The summed E-state index contributed by atoms with van der Waals surface area (Å²) in [5.74, 6) is 0.609. The van der Waals surface area contributed by atoms with Gasteiger partial charge in [-0.05, 0) is 49.6 Å². The van der Waals surface area contributed by atoms with E-state index in [0.717, 1.165) is 13.0 Å². The van der Waals surface area contributed by atoms with Crippen molar-refractivity contribution in [2.75, 3.05) is 13.2 Å². The summed E-state index contributed by atoms with van der Waals surface area (Å²) in [6, 6.07) is 29.8. The molecule has 0 bridgehead atoms. The first-order chi connectivity index (χ1) is 15.5. The number of likely N-dealkylation sites (tertiary alicyclic amines) is 1. The first kappa shape index (κ1) is 21.3. The molecule has 32 heavy (non-hydrogen) atoms. The molecule has 2 unspecified atom stereocenters. The summed E-state index contributed by atoms with van der Waals surface area (Å²) in [6.07, 6.45) is 1.50. The maximum atomic E-state index is 12.6. The van der Waals surface area contributed by atoms with Crippen molar-refractivity contribution in [2.45, 2.75) is 47.8 Å². The number of benzene rings is 3. The van der Waals surface area contributed by atoms with Gasteiger partial charge in [0.15, 0.2) is 0 Å². The van der Waals surface area contributed by atoms with Gasteiger partial charge in [0.1, 0.15) is 0 Å². The van der Waals surface area contributed by atoms with Crippen LogP contribution in [-0.4, -0.2) is 24.0 Å². The molecule has 3 aromatic rings. The molecule has 2 heterocycles. The molecule has 1 saturated heterocycles. The van der Waals surface area contributed by atoms with Gasteiger partial charge in [-0.2, -0.15) is 0 Å². The molecular weight excluding hydrogens is 414 g/mol. The van der Waals surface area contributed by atoms with E-state index in [9.17, 15) is 4.79 Å². The van der Waals surface area contributed by atoms with E-state index in [1.807, 2.05) is 23.1 Å². The lowest BCUT2D eigenvalue weighted by atomic mass is 9.98. The quantitative estimate of drug-likeness (QED) is 0.432. The number of rotatable bonds is 6. The topological polar surface area (TPSA) is 29.5 Å². The minimum Gasteiger partial charge on any atom is -0.338 e. The molecule has 2 atom stereocenters. The number of hydrogen-bond acceptors (Lipinski definition) is 2. The van der Waals surface area contributed by atoms with Gasteiger partial charge in [-0.1, -0.05) is 77.0 Å². The van der Waals surface area contributed by atoms with Crippen molar-refractivity contribution in [3.63, 3.8) is 0 Å². The molecule has 0 aliphatic carbocycles. The average molecular weight is 446 g/mol. The molecule has 2 aliphatic heterocycles. The van der Waals surface area contributed by atoms with Gasteiger partial charge in [-0.25, -0.2) is 0 Å². The summed E-state index contributed by atoms with van der Waals surface area (Å²) < 4.78 is 6.97. The SMILES string of the molecule is CC1(C)c2ccccc2S1(OCC1CCC(=O)N(Cc2ccccc2)C1)c1ccccc1. The van der Waals surface area contributed by atoms with Gasteiger partial charge in [0.25, 0.3) is 0 Å². The van der Waals surface area contributed by atoms with Crippen LogP contribution in [0.25, 0.3) is 0 Å². The molecule has 1 fully saturated rings. The van der Waals surface area contributed by atoms with Crippen LogP contribution in [0.2, 0.25) is 0 Å². The molecule has 4 heteroatoms. The number of piperidine rings is 1. The molecular formula is C28H31NO2S. The zero-order chi connectivity index (χ0) is 22.2. The number of carbonyl (C=O) groups is 1. The average Bonchev–Trinajstić information content (AvgIpc) is 2.82. The molecule has 0 aromatic heterocycles. The highest BCUT2D eigenvalue weighted by Gasteiger charge is 2.56. The van der Waals surface area contributed by atoms with E-state index >= 15 is 0 Å². The molecule has 2 aliphatic rings. The molecule has 0 saturated carbocycles. The molecule has 0 radical (unpaired) electrons. The van der Waals surface area contributed by atoms with Gasteiger partial charge in [-0.15, -0.1) is 0 Å². The summed E-state index contributed by atoms with van der Waals surface area (Å²) in [4.78, 5) is 17.2. The summed E-state index contributed by atoms with van der Waals surface area (Å²) in [6.45, 7) is 6.77. The second kappa shape index (κ2) is 8.42. The molecule has 5 rings (SSSR count). The highest BCUT2D eigenvalue weighted by molar-refractivity contribution is 8.31. The van der Waals surface area contributed by atoms with Crippen LogP contribution in [0.4, 0.5) is 0 Å². The van der Waals surface area contributed by atoms with Crippen molar-refractivity contribution in [2.24, 2.45) is 5.92 Å². The normalized spacial score (nSPS) is 26.0. The maximum absolute atomic E-state index is 12.6. The van der Waals surface area contributed by atoms with E-state index in [-0.39, 0.29) is 10.7 Å². The highest BCUT2D eigenvalue weighted by Crippen LogP contribution is 2.83. The van der Waals surface area contributed by atoms with Crippen LogP contribution in [0, 0.1) is 5.92 Å². The fraction of sp³-hybridized carbons (Fsp3) is 0.321. The lowest BCUT2D eigenvalue weighted by molar-refractivity contribution is -0.135. The number of hydrogen-bond donors (Lipinski definition) is 0. The van der Waals surface area contributed by atoms with Crippen molar-refractivity contribution >= 4 is 16.2 Å². The van der Waals surface area contributed by atoms with Crippen LogP contribution in [0.1, 0.15) is 37.8 Å². The summed E-state index contributed by atoms with van der Waals surface area (Å²) >= 11 is 0. The molecule has 0 spiro atoms. The van der Waals surface area contributed by atoms with Crippen molar-refractivity contribution < 1.29 is 8.98 Å². The van der Waals surface area contributed by atoms with E-state index < -0.39 is 10.3 Å². The molecule has 166 valence electrons. The Kier molecular flexibility index (Phi) is 5.60. The molecule has 0 N–H and O–H groups in total. The number of amides is 1. The molecule has 3 nitrogen and oxygen atoms in total. The Morgan fingerprint density at radius 2 is 1.59 bits per heavy atom. The van der Waals surface area contributed by atoms with Gasteiger partial charge in [0.05, 0.1) is 11.4 Å². The second-order valence-electron chi connectivity index (χ2n) is 9.32. The van der Waals surface area contributed by atoms with Gasteiger partial charge in [0.2, 0.25) is 5.91 Å². The minimum absolute atomic E-state index is 0.0425. The fourth-order valence-corrected chi connectivity index (χ4v) is 9.32. The molecule has 1 amide bonds. The second-order valence-corrected chi connectivity index (χ2v) is 12.6. The zero-order valence-corrected chi connectivity index (χ0v) is 19.7. The van der Waals surface area contributed by atoms with E-state index in [1.165, 1.54) is 20.9 Å². The fourth-order valence-electron chi connectivity index (χ4n) is 5.19. The number of carbonyl (C=O) groups excluding carboxylic acids is 1. The Labute approximate surface area is 192 Å². The Bertz CT molecular complexity index is 1100. The van der Waals surface area contributed by atoms with E-state index in [2.05, 4.69) is 80.6 Å². The van der Waals surface area contributed by atoms with Crippen LogP contribution < -0.4 is 0 Å². The number of fused-ring (bicyclic) bond motifs is 1. The third-order valence-corrected chi connectivity index (χ3v) is 11.0. The highest BCUT2D eigenvalue weighted by atomic mass is 32.3. The Morgan fingerprint density at radius 1 is 0.938 bits per heavy atom. The van der Waals surface area contributed by atoms with Crippen LogP contribution in [-0.2, 0) is 20.3 Å². The predicted molar refractivity (Wildman–Crippen MR) is 131 cm³/mol. The monoisotopic (exact) mass is 445 g/mol. The third kappa shape index (κ3) is 3.46. The first-order valence-corrected chi connectivity index (χ1v) is 13.0. The van der Waals surface area contributed by atoms with Crippen LogP contribution in [0.5, 0.6) is 0 Å². The van der Waals surface area contributed by atoms with Crippen LogP contribution in [0.15, 0.2) is 94.7 Å². The van der Waals surface area contributed by atoms with Crippen molar-refractivity contribution in [3.8, 4) is 0 Å². The summed E-state index contributed by atoms with van der Waals surface area (Å²) in [7, 11) is -1.61. The number of nitrogens with zero attached hydrogens (tertiary/aromatic N) is 1. The van der Waals surface area contributed by atoms with E-state index in [0.29, 0.717) is 25.5 Å². The van der Waals surface area contributed by atoms with E-state index in [1.54, 1.807) is 0 Å². The van der Waals surface area contributed by atoms with Crippen LogP contribution >= 0.6 is 10.3 Å². The zero-order valence-electron chi connectivity index (χ0n) is 18.9. The first-order valence-electron chi connectivity index (χ1n) is 11.5. The van der Waals surface area contributed by atoms with Gasteiger partial charge >= 0.3 is 0 Å². The van der Waals surface area contributed by atoms with Gasteiger partial charge in [-0.3, -0.25) is 4.79 Å². The van der Waals surface area contributed by atoms with Gasteiger partial charge < -0.3 is 9.08 Å². The Morgan fingerprint density at radius 3 is 2.34 bits per heavy atom. The predicted octanol–water partition coefficient (Wildman–Crippen LogP) is 6.53. The van der Waals surface area contributed by atoms with Crippen LogP contribution in [0.3, 0.4) is 0 Å². The van der Waals surface area contributed by atoms with E-state index in [4.69, 9.17) is 4.18 Å². The Hall–Kier alpha value is -2.56.